The van der Waals surface area contributed by atoms with Crippen molar-refractivity contribution in [3.8, 4) is 0 Å². The molecule has 1 fully saturated rings. The van der Waals surface area contributed by atoms with E-state index in [-0.39, 0.29) is 10.0 Å². The molecule has 1 heterocycles. The van der Waals surface area contributed by atoms with E-state index in [9.17, 15) is 4.79 Å². The van der Waals surface area contributed by atoms with E-state index in [1.54, 1.807) is 0 Å². The van der Waals surface area contributed by atoms with Gasteiger partial charge < -0.3 is 4.74 Å². The van der Waals surface area contributed by atoms with Gasteiger partial charge in [0.05, 0.1) is 10.7 Å². The van der Waals surface area contributed by atoms with Crippen LogP contribution in [0.4, 0.5) is 0 Å². The molecule has 0 amide bonds. The first-order chi connectivity index (χ1) is 8.70. The molecule has 2 aliphatic rings. The minimum absolute atomic E-state index is 0.0795. The van der Waals surface area contributed by atoms with Crippen molar-refractivity contribution < 1.29 is 9.53 Å². The second kappa shape index (κ2) is 6.90. The Morgan fingerprint density at radius 3 is 2.78 bits per heavy atom. The minimum Gasteiger partial charge on any atom is -0.462 e. The van der Waals surface area contributed by atoms with Crippen LogP contribution in [0.5, 0.6) is 0 Å². The third-order valence-electron chi connectivity index (χ3n) is 3.45. The van der Waals surface area contributed by atoms with Crippen molar-refractivity contribution >= 4 is 29.5 Å². The van der Waals surface area contributed by atoms with Crippen molar-refractivity contribution in [3.05, 3.63) is 11.6 Å². The number of thioether (sulfide) groups is 2. The van der Waals surface area contributed by atoms with Crippen LogP contribution in [0.3, 0.4) is 0 Å². The van der Waals surface area contributed by atoms with Crippen LogP contribution in [0, 0.1) is 0 Å². The van der Waals surface area contributed by atoms with E-state index in [1.807, 2.05) is 23.5 Å². The normalized spacial score (nSPS) is 23.3. The average Bonchev–Trinajstić information content (AvgIpc) is 2.40. The molecule has 1 aliphatic heterocycles. The lowest BCUT2D eigenvalue weighted by atomic mass is 10.00. The van der Waals surface area contributed by atoms with Crippen molar-refractivity contribution in [2.24, 2.45) is 0 Å². The molecule has 0 unspecified atom stereocenters. The fraction of sp³-hybridized carbons (Fsp3) is 0.786. The van der Waals surface area contributed by atoms with Gasteiger partial charge in [0.1, 0.15) is 0 Å². The van der Waals surface area contributed by atoms with Crippen LogP contribution in [-0.4, -0.2) is 28.2 Å². The predicted molar refractivity (Wildman–Crippen MR) is 80.1 cm³/mol. The largest absolute Gasteiger partial charge is 0.462 e. The van der Waals surface area contributed by atoms with Crippen LogP contribution in [0.25, 0.3) is 0 Å². The van der Waals surface area contributed by atoms with Gasteiger partial charge in [-0.3, -0.25) is 0 Å². The highest BCUT2D eigenvalue weighted by Gasteiger charge is 2.28. The predicted octanol–water partition coefficient (Wildman–Crippen LogP) is 4.01. The Balaban J connectivity index is 1.71. The number of carbonyl (C=O) groups excluding carboxylic acids is 1. The van der Waals surface area contributed by atoms with Gasteiger partial charge in [0.15, 0.2) is 0 Å². The quantitative estimate of drug-likeness (QED) is 0.730. The molecule has 0 saturated carbocycles. The number of carbonyl (C=O) groups is 1. The van der Waals surface area contributed by atoms with Crippen molar-refractivity contribution in [1.82, 2.24) is 0 Å². The second-order valence-corrected chi connectivity index (χ2v) is 8.50. The highest BCUT2D eigenvalue weighted by atomic mass is 32.2. The van der Waals surface area contributed by atoms with E-state index in [2.05, 4.69) is 13.0 Å². The van der Waals surface area contributed by atoms with E-state index in [4.69, 9.17) is 4.74 Å². The number of hydrogen-bond acceptors (Lipinski definition) is 4. The lowest BCUT2D eigenvalue weighted by molar-refractivity contribution is -0.139. The van der Waals surface area contributed by atoms with Gasteiger partial charge in [-0.2, -0.15) is 0 Å². The van der Waals surface area contributed by atoms with Crippen LogP contribution < -0.4 is 0 Å². The Bertz CT molecular complexity index is 320. The molecule has 102 valence electrons. The van der Waals surface area contributed by atoms with Crippen LogP contribution in [-0.2, 0) is 9.53 Å². The molecule has 0 radical (unpaired) electrons. The Morgan fingerprint density at radius 1 is 1.33 bits per heavy atom. The Labute approximate surface area is 118 Å². The number of ether oxygens (including phenoxy) is 1. The summed E-state index contributed by atoms with van der Waals surface area (Å²) in [7, 11) is 0. The Morgan fingerprint density at radius 2 is 2.11 bits per heavy atom. The molecule has 0 spiro atoms. The van der Waals surface area contributed by atoms with Gasteiger partial charge in [-0.25, -0.2) is 4.79 Å². The van der Waals surface area contributed by atoms with Crippen molar-refractivity contribution in [2.45, 2.75) is 49.5 Å². The first kappa shape index (κ1) is 14.3. The van der Waals surface area contributed by atoms with Gasteiger partial charge in [-0.1, -0.05) is 6.08 Å². The summed E-state index contributed by atoms with van der Waals surface area (Å²) in [5.74, 6) is 2.40. The Kier molecular flexibility index (Phi) is 5.49. The molecule has 2 nitrogen and oxygen atoms in total. The van der Waals surface area contributed by atoms with Gasteiger partial charge >= 0.3 is 5.97 Å². The second-order valence-electron chi connectivity index (χ2n) is 5.05. The van der Waals surface area contributed by atoms with Crippen molar-refractivity contribution in [1.29, 1.82) is 0 Å². The van der Waals surface area contributed by atoms with Gasteiger partial charge in [0.25, 0.3) is 0 Å². The molecule has 0 bridgehead atoms. The molecular weight excluding hydrogens is 264 g/mol. The zero-order chi connectivity index (χ0) is 12.8. The van der Waals surface area contributed by atoms with Crippen molar-refractivity contribution in [3.63, 3.8) is 0 Å². The zero-order valence-electron chi connectivity index (χ0n) is 11.1. The lowest BCUT2D eigenvalue weighted by Crippen LogP contribution is -2.24. The molecule has 2 rings (SSSR count). The molecule has 4 heteroatoms. The maximum absolute atomic E-state index is 11.8. The summed E-state index contributed by atoms with van der Waals surface area (Å²) in [5, 5.41) is 0. The fourth-order valence-corrected chi connectivity index (χ4v) is 5.18. The summed E-state index contributed by atoms with van der Waals surface area (Å²) in [6, 6.07) is 0. The van der Waals surface area contributed by atoms with Crippen molar-refractivity contribution in [2.75, 3.05) is 18.1 Å². The smallest absolute Gasteiger partial charge is 0.333 e. The van der Waals surface area contributed by atoms with E-state index in [1.165, 1.54) is 24.3 Å². The molecule has 18 heavy (non-hydrogen) atoms. The fourth-order valence-electron chi connectivity index (χ4n) is 2.27. The first-order valence-electron chi connectivity index (χ1n) is 6.84. The van der Waals surface area contributed by atoms with Crippen LogP contribution in [0.2, 0.25) is 0 Å². The van der Waals surface area contributed by atoms with E-state index >= 15 is 0 Å². The summed E-state index contributed by atoms with van der Waals surface area (Å²) in [6.07, 6.45) is 8.59. The monoisotopic (exact) mass is 286 g/mol. The summed E-state index contributed by atoms with van der Waals surface area (Å²) >= 11 is 4.02. The summed E-state index contributed by atoms with van der Waals surface area (Å²) in [6.45, 7) is 2.84. The van der Waals surface area contributed by atoms with Gasteiger partial charge in [-0.15, -0.1) is 23.5 Å². The third-order valence-corrected chi connectivity index (χ3v) is 6.77. The first-order valence-corrected chi connectivity index (χ1v) is 8.81. The van der Waals surface area contributed by atoms with E-state index in [0.717, 1.165) is 31.3 Å². The zero-order valence-corrected chi connectivity index (χ0v) is 12.7. The maximum atomic E-state index is 11.8. The average molecular weight is 286 g/mol. The van der Waals surface area contributed by atoms with Crippen LogP contribution >= 0.6 is 23.5 Å². The number of rotatable bonds is 4. The highest BCUT2D eigenvalue weighted by molar-refractivity contribution is 8.18. The molecule has 0 atom stereocenters. The lowest BCUT2D eigenvalue weighted by Gasteiger charge is -2.32. The van der Waals surface area contributed by atoms with Crippen LogP contribution in [0.1, 0.15) is 45.4 Å². The summed E-state index contributed by atoms with van der Waals surface area (Å²) in [4.78, 5) is 11.8. The molecular formula is C14H22O2S2. The summed E-state index contributed by atoms with van der Waals surface area (Å²) < 4.78 is 5.67. The highest BCUT2D eigenvalue weighted by Crippen LogP contribution is 2.44. The third kappa shape index (κ3) is 4.23. The maximum Gasteiger partial charge on any atom is 0.333 e. The topological polar surface area (TPSA) is 26.3 Å². The van der Waals surface area contributed by atoms with Gasteiger partial charge in [-0.05, 0) is 50.5 Å². The number of allylic oxidation sites excluding steroid dienone is 1. The molecule has 0 aromatic heterocycles. The number of esters is 1. The number of hydrogen-bond donors (Lipinski definition) is 0. The molecule has 1 saturated heterocycles. The van der Waals surface area contributed by atoms with Gasteiger partial charge in [0.2, 0.25) is 0 Å². The molecule has 0 aromatic carbocycles. The van der Waals surface area contributed by atoms with E-state index < -0.39 is 0 Å². The SMILES string of the molecule is CC1(CCOC(=O)C2=CCCCC2)SCCCS1. The molecule has 0 aromatic rings. The minimum atomic E-state index is -0.0795. The molecule has 0 N–H and O–H groups in total. The Hall–Kier alpha value is -0.0900. The standard InChI is InChI=1S/C14H22O2S2/c1-14(17-10-5-11-18-14)8-9-16-13(15)12-6-3-2-4-7-12/h6H,2-5,7-11H2,1H3. The van der Waals surface area contributed by atoms with Gasteiger partial charge in [0, 0.05) is 12.0 Å². The molecule has 1 aliphatic carbocycles. The summed E-state index contributed by atoms with van der Waals surface area (Å²) in [5.41, 5.74) is 0.898. The van der Waals surface area contributed by atoms with E-state index in [0.29, 0.717) is 6.61 Å². The van der Waals surface area contributed by atoms with Crippen LogP contribution in [0.15, 0.2) is 11.6 Å².